The number of amides is 1. The summed E-state index contributed by atoms with van der Waals surface area (Å²) < 4.78 is 23.5. The molecule has 0 aliphatic carbocycles. The number of likely N-dealkylation sites (tertiary alicyclic amines) is 1. The van der Waals surface area contributed by atoms with E-state index in [0.717, 1.165) is 10.0 Å². The van der Waals surface area contributed by atoms with Crippen LogP contribution >= 0.6 is 15.9 Å². The lowest BCUT2D eigenvalue weighted by atomic mass is 10.1. The van der Waals surface area contributed by atoms with Gasteiger partial charge in [0.15, 0.2) is 0 Å². The Morgan fingerprint density at radius 3 is 2.68 bits per heavy atom. The Morgan fingerprint density at radius 1 is 1.47 bits per heavy atom. The van der Waals surface area contributed by atoms with Crippen molar-refractivity contribution in [3.63, 3.8) is 0 Å². The first-order chi connectivity index (χ1) is 8.79. The molecule has 1 aliphatic rings. The molecule has 2 rings (SSSR count). The number of hydrogen-bond acceptors (Lipinski definition) is 3. The van der Waals surface area contributed by atoms with Crippen LogP contribution in [0.1, 0.15) is 22.3 Å². The van der Waals surface area contributed by atoms with Gasteiger partial charge in [-0.2, -0.15) is 0 Å². The second kappa shape index (κ2) is 5.22. The fourth-order valence-corrected chi connectivity index (χ4v) is 3.52. The molecule has 7 heteroatoms. The standard InChI is InChI=1S/C12H15BrN2O3S/c1-8-6-9(13)2-3-11(8)12(16)15-5-4-10(7-15)19(14,17)18/h2-3,6,10H,4-5,7H2,1H3,(H2,14,17,18)/t10-/m1/s1. The van der Waals surface area contributed by atoms with E-state index in [1.54, 1.807) is 17.0 Å². The molecule has 2 N–H and O–H groups in total. The number of nitrogens with two attached hydrogens (primary N) is 1. The molecule has 104 valence electrons. The van der Waals surface area contributed by atoms with Gasteiger partial charge in [0.1, 0.15) is 0 Å². The molecule has 19 heavy (non-hydrogen) atoms. The Labute approximate surface area is 121 Å². The van der Waals surface area contributed by atoms with Crippen molar-refractivity contribution in [1.82, 2.24) is 4.90 Å². The predicted octanol–water partition coefficient (Wildman–Crippen LogP) is 1.26. The van der Waals surface area contributed by atoms with Crippen molar-refractivity contribution in [3.05, 3.63) is 33.8 Å². The van der Waals surface area contributed by atoms with Crippen LogP contribution in [0, 0.1) is 6.92 Å². The van der Waals surface area contributed by atoms with Crippen molar-refractivity contribution < 1.29 is 13.2 Å². The first-order valence-corrected chi connectivity index (χ1v) is 8.26. The molecule has 1 aliphatic heterocycles. The van der Waals surface area contributed by atoms with E-state index in [2.05, 4.69) is 15.9 Å². The van der Waals surface area contributed by atoms with Gasteiger partial charge in [0, 0.05) is 23.1 Å². The first kappa shape index (κ1) is 14.5. The lowest BCUT2D eigenvalue weighted by Gasteiger charge is -2.17. The molecular formula is C12H15BrN2O3S. The number of aryl methyl sites for hydroxylation is 1. The zero-order chi connectivity index (χ0) is 14.2. The molecule has 1 aromatic rings. The third kappa shape index (κ3) is 3.16. The summed E-state index contributed by atoms with van der Waals surface area (Å²) in [6.45, 7) is 2.45. The second-order valence-electron chi connectivity index (χ2n) is 4.71. The van der Waals surface area contributed by atoms with Gasteiger partial charge < -0.3 is 4.90 Å². The molecule has 0 spiro atoms. The Hall–Kier alpha value is -0.920. The number of nitrogens with zero attached hydrogens (tertiary/aromatic N) is 1. The van der Waals surface area contributed by atoms with Crippen molar-refractivity contribution in [2.45, 2.75) is 18.6 Å². The minimum absolute atomic E-state index is 0.142. The number of sulfonamides is 1. The van der Waals surface area contributed by atoms with Gasteiger partial charge in [0.2, 0.25) is 10.0 Å². The van der Waals surface area contributed by atoms with Crippen LogP contribution in [0.4, 0.5) is 0 Å². The van der Waals surface area contributed by atoms with Gasteiger partial charge in [-0.05, 0) is 37.1 Å². The van der Waals surface area contributed by atoms with E-state index >= 15 is 0 Å². The van der Waals surface area contributed by atoms with Crippen molar-refractivity contribution in [3.8, 4) is 0 Å². The second-order valence-corrected chi connectivity index (χ2v) is 7.47. The van der Waals surface area contributed by atoms with E-state index in [1.165, 1.54) is 0 Å². The predicted molar refractivity (Wildman–Crippen MR) is 76.3 cm³/mol. The Bertz CT molecular complexity index is 615. The number of carbonyl (C=O) groups excluding carboxylic acids is 1. The SMILES string of the molecule is Cc1cc(Br)ccc1C(=O)N1CC[C@@H](S(N)(=O)=O)C1. The van der Waals surface area contributed by atoms with E-state index in [-0.39, 0.29) is 12.5 Å². The number of halogens is 1. The summed E-state index contributed by atoms with van der Waals surface area (Å²) in [6.07, 6.45) is 0.403. The third-order valence-electron chi connectivity index (χ3n) is 3.32. The van der Waals surface area contributed by atoms with Gasteiger partial charge >= 0.3 is 0 Å². The van der Waals surface area contributed by atoms with Gasteiger partial charge in [-0.25, -0.2) is 13.6 Å². The summed E-state index contributed by atoms with van der Waals surface area (Å²) in [5.74, 6) is -0.142. The minimum atomic E-state index is -3.57. The smallest absolute Gasteiger partial charge is 0.254 e. The summed E-state index contributed by atoms with van der Waals surface area (Å²) in [5, 5.41) is 4.47. The molecule has 1 saturated heterocycles. The summed E-state index contributed by atoms with van der Waals surface area (Å²) in [7, 11) is -3.57. The molecule has 1 aromatic carbocycles. The normalized spacial score (nSPS) is 19.7. The van der Waals surface area contributed by atoms with Crippen molar-refractivity contribution in [2.75, 3.05) is 13.1 Å². The molecule has 1 fully saturated rings. The minimum Gasteiger partial charge on any atom is -0.337 e. The largest absolute Gasteiger partial charge is 0.337 e. The molecule has 5 nitrogen and oxygen atoms in total. The van der Waals surface area contributed by atoms with Gasteiger partial charge in [-0.1, -0.05) is 15.9 Å². The van der Waals surface area contributed by atoms with E-state index in [4.69, 9.17) is 5.14 Å². The van der Waals surface area contributed by atoms with Gasteiger partial charge in [-0.3, -0.25) is 4.79 Å². The maximum absolute atomic E-state index is 12.3. The van der Waals surface area contributed by atoms with Crippen LogP contribution in [0.5, 0.6) is 0 Å². The number of carbonyl (C=O) groups is 1. The van der Waals surface area contributed by atoms with Crippen molar-refractivity contribution in [1.29, 1.82) is 0 Å². The van der Waals surface area contributed by atoms with Crippen molar-refractivity contribution >= 4 is 31.9 Å². The maximum Gasteiger partial charge on any atom is 0.254 e. The van der Waals surface area contributed by atoms with Crippen LogP contribution in [0.2, 0.25) is 0 Å². The highest BCUT2D eigenvalue weighted by molar-refractivity contribution is 9.10. The molecule has 1 atom stereocenters. The van der Waals surface area contributed by atoms with E-state index in [1.807, 2.05) is 13.0 Å². The summed E-state index contributed by atoms with van der Waals surface area (Å²) in [4.78, 5) is 13.9. The van der Waals surface area contributed by atoms with E-state index in [0.29, 0.717) is 18.5 Å². The molecule has 1 amide bonds. The molecule has 0 radical (unpaired) electrons. The van der Waals surface area contributed by atoms with Crippen LogP contribution < -0.4 is 5.14 Å². The Morgan fingerprint density at radius 2 is 2.16 bits per heavy atom. The number of hydrogen-bond donors (Lipinski definition) is 1. The van der Waals surface area contributed by atoms with E-state index < -0.39 is 15.3 Å². The Balaban J connectivity index is 2.18. The third-order valence-corrected chi connectivity index (χ3v) is 5.12. The maximum atomic E-state index is 12.3. The zero-order valence-corrected chi connectivity index (χ0v) is 12.9. The summed E-state index contributed by atoms with van der Waals surface area (Å²) in [5.41, 5.74) is 1.46. The molecule has 1 heterocycles. The summed E-state index contributed by atoms with van der Waals surface area (Å²) in [6, 6.07) is 5.40. The van der Waals surface area contributed by atoms with Crippen LogP contribution in [-0.4, -0.2) is 37.6 Å². The van der Waals surface area contributed by atoms with E-state index in [9.17, 15) is 13.2 Å². The zero-order valence-electron chi connectivity index (χ0n) is 10.5. The number of rotatable bonds is 2. The van der Waals surface area contributed by atoms with Crippen LogP contribution in [0.25, 0.3) is 0 Å². The lowest BCUT2D eigenvalue weighted by Crippen LogP contribution is -2.34. The van der Waals surface area contributed by atoms with Gasteiger partial charge in [-0.15, -0.1) is 0 Å². The first-order valence-electron chi connectivity index (χ1n) is 5.86. The average molecular weight is 347 g/mol. The fourth-order valence-electron chi connectivity index (χ4n) is 2.22. The highest BCUT2D eigenvalue weighted by Gasteiger charge is 2.33. The monoisotopic (exact) mass is 346 g/mol. The van der Waals surface area contributed by atoms with Crippen LogP contribution in [-0.2, 0) is 10.0 Å². The summed E-state index contributed by atoms with van der Waals surface area (Å²) >= 11 is 3.34. The molecule has 0 saturated carbocycles. The fraction of sp³-hybridized carbons (Fsp3) is 0.417. The topological polar surface area (TPSA) is 80.5 Å². The van der Waals surface area contributed by atoms with Crippen LogP contribution in [0.3, 0.4) is 0 Å². The lowest BCUT2D eigenvalue weighted by molar-refractivity contribution is 0.0792. The molecule has 0 aromatic heterocycles. The highest BCUT2D eigenvalue weighted by Crippen LogP contribution is 2.21. The molecule has 0 unspecified atom stereocenters. The van der Waals surface area contributed by atoms with Gasteiger partial charge in [0.25, 0.3) is 5.91 Å². The highest BCUT2D eigenvalue weighted by atomic mass is 79.9. The van der Waals surface area contributed by atoms with Crippen LogP contribution in [0.15, 0.2) is 22.7 Å². The quantitative estimate of drug-likeness (QED) is 0.875. The molecule has 0 bridgehead atoms. The number of primary sulfonamides is 1. The van der Waals surface area contributed by atoms with Gasteiger partial charge in [0.05, 0.1) is 5.25 Å². The number of benzene rings is 1. The average Bonchev–Trinajstić information content (AvgIpc) is 2.76. The van der Waals surface area contributed by atoms with Crippen molar-refractivity contribution in [2.24, 2.45) is 5.14 Å². The molecular weight excluding hydrogens is 332 g/mol. The Kier molecular flexibility index (Phi) is 3.98.